The normalized spacial score (nSPS) is 12.0. The Balaban J connectivity index is 1.46. The molecule has 0 aliphatic heterocycles. The summed E-state index contributed by atoms with van der Waals surface area (Å²) in [6.07, 6.45) is 5.25. The van der Waals surface area contributed by atoms with Crippen LogP contribution in [0.2, 0.25) is 0 Å². The SMILES string of the molecule is CN(C)CC(O)COc1ccc(Nc2cc(N(CC=Cc3ccccc3)c3ccc(Br)cc3)ncn2)cc1. The van der Waals surface area contributed by atoms with Gasteiger partial charge in [-0.25, -0.2) is 9.97 Å². The smallest absolute Gasteiger partial charge is 0.138 e. The van der Waals surface area contributed by atoms with E-state index in [1.807, 2.05) is 79.7 Å². The van der Waals surface area contributed by atoms with Crippen LogP contribution in [-0.4, -0.2) is 59.9 Å². The molecule has 0 aliphatic rings. The minimum atomic E-state index is -0.543. The van der Waals surface area contributed by atoms with E-state index in [9.17, 15) is 5.11 Å². The van der Waals surface area contributed by atoms with Crippen LogP contribution in [0, 0.1) is 0 Å². The average Bonchev–Trinajstić information content (AvgIpc) is 2.92. The minimum absolute atomic E-state index is 0.241. The Labute approximate surface area is 232 Å². The van der Waals surface area contributed by atoms with Crippen molar-refractivity contribution in [2.75, 3.05) is 44.0 Å². The van der Waals surface area contributed by atoms with Crippen LogP contribution in [0.5, 0.6) is 5.75 Å². The number of aromatic nitrogens is 2. The molecule has 0 amide bonds. The van der Waals surface area contributed by atoms with E-state index in [0.29, 0.717) is 24.7 Å². The molecule has 196 valence electrons. The number of aliphatic hydroxyl groups excluding tert-OH is 1. The van der Waals surface area contributed by atoms with E-state index in [2.05, 4.69) is 72.5 Å². The summed E-state index contributed by atoms with van der Waals surface area (Å²) in [5.41, 5.74) is 3.04. The summed E-state index contributed by atoms with van der Waals surface area (Å²) in [6.45, 7) is 1.43. The van der Waals surface area contributed by atoms with Gasteiger partial charge in [-0.2, -0.15) is 0 Å². The molecule has 0 saturated carbocycles. The van der Waals surface area contributed by atoms with E-state index in [0.717, 1.165) is 27.2 Å². The summed E-state index contributed by atoms with van der Waals surface area (Å²) in [5.74, 6) is 2.15. The first-order valence-corrected chi connectivity index (χ1v) is 13.1. The Bertz CT molecular complexity index is 1300. The standard InChI is InChI=1S/C30H32BrN5O2/c1-35(2)20-27(37)21-38-28-16-12-25(13-17-28)34-29-19-30(33-22-32-29)36(26-14-10-24(31)11-15-26)18-6-9-23-7-4-3-5-8-23/h3-17,19,22,27,37H,18,20-21H2,1-2H3,(H,32,33,34). The van der Waals surface area contributed by atoms with Crippen molar-refractivity contribution in [1.82, 2.24) is 14.9 Å². The fraction of sp³-hybridized carbons (Fsp3) is 0.200. The van der Waals surface area contributed by atoms with Gasteiger partial charge in [0.15, 0.2) is 0 Å². The van der Waals surface area contributed by atoms with Crippen molar-refractivity contribution in [3.05, 3.63) is 107 Å². The number of likely N-dealkylation sites (N-methyl/N-ethyl adjacent to an activating group) is 1. The second-order valence-corrected chi connectivity index (χ2v) is 9.95. The molecule has 0 aliphatic carbocycles. The van der Waals surface area contributed by atoms with Crippen LogP contribution in [0.4, 0.5) is 23.0 Å². The fourth-order valence-electron chi connectivity index (χ4n) is 3.82. The first-order chi connectivity index (χ1) is 18.5. The quantitative estimate of drug-likeness (QED) is 0.211. The zero-order chi connectivity index (χ0) is 26.7. The number of ether oxygens (including phenoxy) is 1. The molecule has 1 atom stereocenters. The van der Waals surface area contributed by atoms with E-state index in [1.54, 1.807) is 6.33 Å². The summed E-state index contributed by atoms with van der Waals surface area (Å²) < 4.78 is 6.72. The highest BCUT2D eigenvalue weighted by Gasteiger charge is 2.12. The number of nitrogens with one attached hydrogen (secondary N) is 1. The van der Waals surface area contributed by atoms with Crippen LogP contribution in [0.25, 0.3) is 6.08 Å². The molecule has 38 heavy (non-hydrogen) atoms. The van der Waals surface area contributed by atoms with Gasteiger partial charge in [-0.05, 0) is 68.2 Å². The van der Waals surface area contributed by atoms with Gasteiger partial charge >= 0.3 is 0 Å². The van der Waals surface area contributed by atoms with Gasteiger partial charge in [-0.3, -0.25) is 0 Å². The van der Waals surface area contributed by atoms with Gasteiger partial charge in [0, 0.05) is 35.0 Å². The highest BCUT2D eigenvalue weighted by atomic mass is 79.9. The van der Waals surface area contributed by atoms with Crippen molar-refractivity contribution in [1.29, 1.82) is 0 Å². The second-order valence-electron chi connectivity index (χ2n) is 9.04. The van der Waals surface area contributed by atoms with Crippen molar-refractivity contribution in [3.8, 4) is 5.75 Å². The third kappa shape index (κ3) is 8.41. The molecule has 1 unspecified atom stereocenters. The highest BCUT2D eigenvalue weighted by molar-refractivity contribution is 9.10. The molecule has 0 saturated heterocycles. The first-order valence-electron chi connectivity index (χ1n) is 12.4. The molecule has 4 rings (SSSR count). The van der Waals surface area contributed by atoms with Crippen molar-refractivity contribution < 1.29 is 9.84 Å². The third-order valence-electron chi connectivity index (χ3n) is 5.61. The van der Waals surface area contributed by atoms with Gasteiger partial charge in [-0.15, -0.1) is 0 Å². The van der Waals surface area contributed by atoms with Crippen molar-refractivity contribution >= 4 is 45.0 Å². The van der Waals surface area contributed by atoms with Crippen molar-refractivity contribution in [2.45, 2.75) is 6.10 Å². The summed E-state index contributed by atoms with van der Waals surface area (Å²) in [4.78, 5) is 13.0. The predicted molar refractivity (Wildman–Crippen MR) is 158 cm³/mol. The van der Waals surface area contributed by atoms with Gasteiger partial charge in [0.2, 0.25) is 0 Å². The fourth-order valence-corrected chi connectivity index (χ4v) is 4.09. The predicted octanol–water partition coefficient (Wildman–Crippen LogP) is 6.14. The van der Waals surface area contributed by atoms with E-state index in [4.69, 9.17) is 4.74 Å². The van der Waals surface area contributed by atoms with Gasteiger partial charge in [0.05, 0.1) is 0 Å². The molecular weight excluding hydrogens is 542 g/mol. The van der Waals surface area contributed by atoms with Crippen LogP contribution in [0.3, 0.4) is 0 Å². The molecule has 0 bridgehead atoms. The summed E-state index contributed by atoms with van der Waals surface area (Å²) >= 11 is 3.52. The van der Waals surface area contributed by atoms with E-state index in [-0.39, 0.29) is 6.61 Å². The first kappa shape index (κ1) is 27.3. The molecule has 1 aromatic heterocycles. The van der Waals surface area contributed by atoms with Crippen LogP contribution < -0.4 is 15.0 Å². The number of hydrogen-bond donors (Lipinski definition) is 2. The van der Waals surface area contributed by atoms with Gasteiger partial charge in [0.1, 0.15) is 36.4 Å². The second kappa shape index (κ2) is 13.7. The van der Waals surface area contributed by atoms with Gasteiger partial charge in [-0.1, -0.05) is 58.4 Å². The minimum Gasteiger partial charge on any atom is -0.491 e. The van der Waals surface area contributed by atoms with E-state index < -0.39 is 6.10 Å². The number of aliphatic hydroxyl groups is 1. The van der Waals surface area contributed by atoms with Gasteiger partial charge in [0.25, 0.3) is 0 Å². The summed E-state index contributed by atoms with van der Waals surface area (Å²) in [7, 11) is 3.84. The topological polar surface area (TPSA) is 73.8 Å². The number of hydrogen-bond acceptors (Lipinski definition) is 7. The number of nitrogens with zero attached hydrogens (tertiary/aromatic N) is 4. The maximum absolute atomic E-state index is 10.0. The number of anilines is 4. The average molecular weight is 575 g/mol. The zero-order valence-electron chi connectivity index (χ0n) is 21.5. The molecule has 0 fully saturated rings. The monoisotopic (exact) mass is 573 g/mol. The molecule has 7 nitrogen and oxygen atoms in total. The van der Waals surface area contributed by atoms with Gasteiger partial charge < -0.3 is 25.0 Å². The lowest BCUT2D eigenvalue weighted by molar-refractivity contribution is 0.0831. The van der Waals surface area contributed by atoms with Crippen molar-refractivity contribution in [2.24, 2.45) is 0 Å². The summed E-state index contributed by atoms with van der Waals surface area (Å²) in [5, 5.41) is 13.4. The summed E-state index contributed by atoms with van der Waals surface area (Å²) in [6, 6.07) is 27.9. The van der Waals surface area contributed by atoms with E-state index >= 15 is 0 Å². The maximum atomic E-state index is 10.0. The lowest BCUT2D eigenvalue weighted by Crippen LogP contribution is -2.30. The number of halogens is 1. The van der Waals surface area contributed by atoms with Crippen LogP contribution in [-0.2, 0) is 0 Å². The molecular formula is C30H32BrN5O2. The Kier molecular flexibility index (Phi) is 9.86. The Hall–Kier alpha value is -3.72. The lowest BCUT2D eigenvalue weighted by atomic mass is 10.2. The zero-order valence-corrected chi connectivity index (χ0v) is 23.1. The van der Waals surface area contributed by atoms with Crippen LogP contribution in [0.1, 0.15) is 5.56 Å². The Morgan fingerprint density at radius 3 is 2.42 bits per heavy atom. The molecule has 0 spiro atoms. The highest BCUT2D eigenvalue weighted by Crippen LogP contribution is 2.27. The molecule has 3 aromatic carbocycles. The maximum Gasteiger partial charge on any atom is 0.138 e. The van der Waals surface area contributed by atoms with Crippen LogP contribution >= 0.6 is 15.9 Å². The Morgan fingerprint density at radius 1 is 0.974 bits per heavy atom. The largest absolute Gasteiger partial charge is 0.491 e. The van der Waals surface area contributed by atoms with Crippen LogP contribution in [0.15, 0.2) is 102 Å². The number of rotatable bonds is 12. The molecule has 1 heterocycles. The third-order valence-corrected chi connectivity index (χ3v) is 6.14. The lowest BCUT2D eigenvalue weighted by Gasteiger charge is -2.23. The molecule has 0 radical (unpaired) electrons. The molecule has 2 N–H and O–H groups in total. The molecule has 8 heteroatoms. The molecule has 4 aromatic rings. The van der Waals surface area contributed by atoms with Crippen molar-refractivity contribution in [3.63, 3.8) is 0 Å². The van der Waals surface area contributed by atoms with E-state index in [1.165, 1.54) is 0 Å². The number of benzene rings is 3. The Morgan fingerprint density at radius 2 is 1.71 bits per heavy atom.